The molecule has 2 heterocycles. The summed E-state index contributed by atoms with van der Waals surface area (Å²) in [6.07, 6.45) is 2.61. The van der Waals surface area contributed by atoms with Gasteiger partial charge in [0.25, 0.3) is 5.91 Å². The van der Waals surface area contributed by atoms with Gasteiger partial charge in [-0.1, -0.05) is 42.7 Å². The number of ether oxygens (including phenoxy) is 1. The van der Waals surface area contributed by atoms with Gasteiger partial charge >= 0.3 is 0 Å². The molecule has 1 amide bonds. The zero-order valence-corrected chi connectivity index (χ0v) is 18.1. The first-order valence-electron chi connectivity index (χ1n) is 8.71. The van der Waals surface area contributed by atoms with Gasteiger partial charge in [0.15, 0.2) is 0 Å². The molecule has 0 atom stereocenters. The molecular weight excluding hydrogens is 416 g/mol. The Bertz CT molecular complexity index is 910. The Morgan fingerprint density at radius 2 is 2.04 bits per heavy atom. The van der Waals surface area contributed by atoms with Gasteiger partial charge in [-0.2, -0.15) is 0 Å². The first kappa shape index (κ1) is 20.8. The first-order chi connectivity index (χ1) is 13.4. The lowest BCUT2D eigenvalue weighted by molar-refractivity contribution is -0.305. The molecule has 1 saturated heterocycles. The maximum atomic E-state index is 12.7. The molecule has 1 aromatic rings. The second-order valence-electron chi connectivity index (χ2n) is 6.00. The highest BCUT2D eigenvalue weighted by molar-refractivity contribution is 8.26. The Hall–Kier alpha value is -1.97. The van der Waals surface area contributed by atoms with Gasteiger partial charge in [0.1, 0.15) is 10.1 Å². The number of rotatable bonds is 6. The maximum absolute atomic E-state index is 12.7. The van der Waals surface area contributed by atoms with Crippen molar-refractivity contribution in [3.63, 3.8) is 0 Å². The molecule has 28 heavy (non-hydrogen) atoms. The minimum absolute atomic E-state index is 0.244. The normalized spacial score (nSPS) is 19.5. The van der Waals surface area contributed by atoms with Crippen LogP contribution in [0.5, 0.6) is 5.75 Å². The third kappa shape index (κ3) is 3.92. The predicted octanol–water partition coefficient (Wildman–Crippen LogP) is 2.74. The lowest BCUT2D eigenvalue weighted by atomic mass is 10.1. The van der Waals surface area contributed by atoms with E-state index in [-0.39, 0.29) is 10.2 Å². The monoisotopic (exact) mass is 435 g/mol. The zero-order valence-electron chi connectivity index (χ0n) is 15.7. The number of aliphatic carboxylic acids is 1. The van der Waals surface area contributed by atoms with Crippen molar-refractivity contribution >= 4 is 57.6 Å². The van der Waals surface area contributed by atoms with Crippen molar-refractivity contribution in [3.8, 4) is 5.75 Å². The number of carboxylic acid groups (broad SMARTS) is 1. The van der Waals surface area contributed by atoms with Crippen LogP contribution >= 0.6 is 35.7 Å². The summed E-state index contributed by atoms with van der Waals surface area (Å²) >= 11 is 7.96. The van der Waals surface area contributed by atoms with E-state index in [4.69, 9.17) is 17.0 Å². The van der Waals surface area contributed by atoms with Crippen LogP contribution in [0.3, 0.4) is 0 Å². The number of thioether (sulfide) groups is 2. The molecule has 148 valence electrons. The number of hydrogen-bond acceptors (Lipinski definition) is 8. The minimum atomic E-state index is -1.33. The molecule has 2 aliphatic rings. The number of hydrogen-bond donors (Lipinski definition) is 0. The van der Waals surface area contributed by atoms with E-state index in [9.17, 15) is 14.7 Å². The SMILES string of the molecule is CCC(/C=C1\Sc2ccc(OC)cc2N1CC)=C1\SC(=S)N(CC(=O)[O-])C1=O. The highest BCUT2D eigenvalue weighted by atomic mass is 32.2. The highest BCUT2D eigenvalue weighted by Crippen LogP contribution is 2.48. The molecule has 0 unspecified atom stereocenters. The second-order valence-corrected chi connectivity index (χ2v) is 8.71. The van der Waals surface area contributed by atoms with Crippen molar-refractivity contribution in [1.82, 2.24) is 4.90 Å². The number of allylic oxidation sites excluding steroid dienone is 2. The van der Waals surface area contributed by atoms with Gasteiger partial charge in [0.2, 0.25) is 0 Å². The average Bonchev–Trinajstić information content (AvgIpc) is 3.16. The topological polar surface area (TPSA) is 72.9 Å². The molecule has 2 aliphatic heterocycles. The number of nitrogens with zero attached hydrogens (tertiary/aromatic N) is 2. The van der Waals surface area contributed by atoms with E-state index in [0.717, 1.165) is 50.1 Å². The molecule has 0 aliphatic carbocycles. The predicted molar refractivity (Wildman–Crippen MR) is 114 cm³/mol. The van der Waals surface area contributed by atoms with Crippen LogP contribution in [-0.2, 0) is 9.59 Å². The fraction of sp³-hybridized carbons (Fsp3) is 0.316. The van der Waals surface area contributed by atoms with Gasteiger partial charge in [-0.3, -0.25) is 9.69 Å². The Morgan fingerprint density at radius 3 is 2.64 bits per heavy atom. The first-order valence-corrected chi connectivity index (χ1v) is 10.8. The van der Waals surface area contributed by atoms with Gasteiger partial charge in [-0.25, -0.2) is 0 Å². The Kier molecular flexibility index (Phi) is 6.36. The third-order valence-corrected chi connectivity index (χ3v) is 6.98. The summed E-state index contributed by atoms with van der Waals surface area (Å²) in [5.74, 6) is -0.919. The summed E-state index contributed by atoms with van der Waals surface area (Å²) in [7, 11) is 1.64. The van der Waals surface area contributed by atoms with Crippen molar-refractivity contribution < 1.29 is 19.4 Å². The number of carboxylic acids is 1. The molecule has 1 fully saturated rings. The summed E-state index contributed by atoms with van der Waals surface area (Å²) in [6, 6.07) is 5.94. The molecule has 0 aromatic heterocycles. The van der Waals surface area contributed by atoms with E-state index >= 15 is 0 Å². The molecule has 9 heteroatoms. The van der Waals surface area contributed by atoms with Crippen molar-refractivity contribution in [3.05, 3.63) is 39.8 Å². The number of thiocarbonyl (C=S) groups is 1. The van der Waals surface area contributed by atoms with Crippen LogP contribution in [0.25, 0.3) is 0 Å². The summed E-state index contributed by atoms with van der Waals surface area (Å²) in [5, 5.41) is 11.9. The zero-order chi connectivity index (χ0) is 20.4. The maximum Gasteiger partial charge on any atom is 0.266 e. The van der Waals surface area contributed by atoms with Crippen molar-refractivity contribution in [2.45, 2.75) is 25.2 Å². The number of methoxy groups -OCH3 is 1. The summed E-state index contributed by atoms with van der Waals surface area (Å²) in [5.41, 5.74) is 1.90. The number of fused-ring (bicyclic) bond motifs is 1. The average molecular weight is 436 g/mol. The highest BCUT2D eigenvalue weighted by Gasteiger charge is 2.34. The van der Waals surface area contributed by atoms with E-state index in [0.29, 0.717) is 11.3 Å². The largest absolute Gasteiger partial charge is 0.548 e. The Labute approximate surface area is 177 Å². The lowest BCUT2D eigenvalue weighted by Gasteiger charge is -2.19. The van der Waals surface area contributed by atoms with Crippen molar-refractivity contribution in [1.29, 1.82) is 0 Å². The van der Waals surface area contributed by atoms with Gasteiger partial charge < -0.3 is 19.5 Å². The van der Waals surface area contributed by atoms with Gasteiger partial charge in [-0.15, -0.1) is 0 Å². The Balaban J connectivity index is 1.97. The molecule has 3 rings (SSSR count). The number of anilines is 1. The lowest BCUT2D eigenvalue weighted by Crippen LogP contribution is -2.40. The van der Waals surface area contributed by atoms with Crippen LogP contribution in [0.4, 0.5) is 5.69 Å². The van der Waals surface area contributed by atoms with E-state index in [1.54, 1.807) is 18.9 Å². The fourth-order valence-corrected chi connectivity index (χ4v) is 5.51. The van der Waals surface area contributed by atoms with Crippen LogP contribution in [0.1, 0.15) is 20.3 Å². The number of carbonyl (C=O) groups is 2. The molecule has 0 N–H and O–H groups in total. The van der Waals surface area contributed by atoms with Crippen molar-refractivity contribution in [2.75, 3.05) is 25.1 Å². The molecule has 0 bridgehead atoms. The Morgan fingerprint density at radius 1 is 1.29 bits per heavy atom. The molecule has 0 saturated carbocycles. The van der Waals surface area contributed by atoms with Crippen LogP contribution in [0.15, 0.2) is 44.7 Å². The smallest absolute Gasteiger partial charge is 0.266 e. The molecular formula is C19H19N2O4S3-. The van der Waals surface area contributed by atoms with E-state index in [2.05, 4.69) is 11.8 Å². The van der Waals surface area contributed by atoms with Crippen molar-refractivity contribution in [2.24, 2.45) is 0 Å². The van der Waals surface area contributed by atoms with Crippen LogP contribution < -0.4 is 14.7 Å². The number of benzene rings is 1. The molecule has 0 radical (unpaired) electrons. The minimum Gasteiger partial charge on any atom is -0.548 e. The van der Waals surface area contributed by atoms with Gasteiger partial charge in [0.05, 0.1) is 35.2 Å². The summed E-state index contributed by atoms with van der Waals surface area (Å²) in [4.78, 5) is 28.4. The number of carbonyl (C=O) groups excluding carboxylic acids is 2. The van der Waals surface area contributed by atoms with E-state index < -0.39 is 12.5 Å². The quantitative estimate of drug-likeness (QED) is 0.499. The van der Waals surface area contributed by atoms with Gasteiger partial charge in [-0.05, 0) is 37.1 Å². The molecule has 6 nitrogen and oxygen atoms in total. The molecule has 0 spiro atoms. The van der Waals surface area contributed by atoms with Crippen LogP contribution in [0.2, 0.25) is 0 Å². The van der Waals surface area contributed by atoms with E-state index in [1.807, 2.05) is 31.2 Å². The van der Waals surface area contributed by atoms with Gasteiger partial charge in [0, 0.05) is 17.5 Å². The van der Waals surface area contributed by atoms with Crippen LogP contribution in [-0.4, -0.2) is 41.3 Å². The third-order valence-electron chi connectivity index (χ3n) is 4.36. The fourth-order valence-electron chi connectivity index (χ4n) is 2.98. The van der Waals surface area contributed by atoms with Crippen LogP contribution in [0, 0.1) is 0 Å². The standard InChI is InChI=1S/C19H20N2O4S3/c1-4-11(17-18(24)21(10-16(22)23)19(26)28-17)8-15-20(5-2)13-9-12(25-3)6-7-14(13)27-15/h6-9H,4-5,10H2,1-3H3,(H,22,23)/p-1/b15-8-,17-11+. The summed E-state index contributed by atoms with van der Waals surface area (Å²) in [6.45, 7) is 4.27. The number of amides is 1. The molecule has 1 aromatic carbocycles. The van der Waals surface area contributed by atoms with E-state index in [1.165, 1.54) is 0 Å². The summed E-state index contributed by atoms with van der Waals surface area (Å²) < 4.78 is 5.58. The second kappa shape index (κ2) is 8.59.